The standard InChI is InChI=1S/C15H16FNO3/c1-3-6-20-15(18)13-7-12(4-5-14(13)16)10-19-9-11(2)8-17/h3-5,7,11H,1,6,9-10H2,2H3/t11-/m1/s1. The Morgan fingerprint density at radius 1 is 1.60 bits per heavy atom. The van der Waals surface area contributed by atoms with Crippen LogP contribution in [0.5, 0.6) is 0 Å². The van der Waals surface area contributed by atoms with Gasteiger partial charge in [-0.05, 0) is 24.6 Å². The highest BCUT2D eigenvalue weighted by Crippen LogP contribution is 2.13. The van der Waals surface area contributed by atoms with E-state index in [2.05, 4.69) is 6.58 Å². The van der Waals surface area contributed by atoms with Gasteiger partial charge in [0.1, 0.15) is 12.4 Å². The van der Waals surface area contributed by atoms with Crippen molar-refractivity contribution in [1.82, 2.24) is 0 Å². The van der Waals surface area contributed by atoms with Gasteiger partial charge in [-0.25, -0.2) is 9.18 Å². The number of benzene rings is 1. The third-order valence-corrected chi connectivity index (χ3v) is 2.44. The van der Waals surface area contributed by atoms with Crippen molar-refractivity contribution in [2.24, 2.45) is 5.92 Å². The zero-order chi connectivity index (χ0) is 15.0. The zero-order valence-electron chi connectivity index (χ0n) is 11.3. The van der Waals surface area contributed by atoms with Crippen molar-refractivity contribution in [3.63, 3.8) is 0 Å². The minimum atomic E-state index is -0.741. The summed E-state index contributed by atoms with van der Waals surface area (Å²) in [5, 5.41) is 8.62. The van der Waals surface area contributed by atoms with Gasteiger partial charge in [-0.3, -0.25) is 0 Å². The van der Waals surface area contributed by atoms with Crippen LogP contribution in [0.2, 0.25) is 0 Å². The van der Waals surface area contributed by atoms with E-state index in [0.29, 0.717) is 5.56 Å². The Morgan fingerprint density at radius 2 is 2.35 bits per heavy atom. The van der Waals surface area contributed by atoms with Gasteiger partial charge in [0.25, 0.3) is 0 Å². The molecule has 0 amide bonds. The number of ether oxygens (including phenoxy) is 2. The van der Waals surface area contributed by atoms with E-state index in [1.807, 2.05) is 6.07 Å². The van der Waals surface area contributed by atoms with Crippen LogP contribution in [0.1, 0.15) is 22.8 Å². The molecule has 0 fully saturated rings. The molecule has 0 bridgehead atoms. The predicted molar refractivity (Wildman–Crippen MR) is 71.3 cm³/mol. The average Bonchev–Trinajstić information content (AvgIpc) is 2.46. The Hall–Kier alpha value is -2.19. The first-order valence-corrected chi connectivity index (χ1v) is 6.12. The number of nitriles is 1. The first-order chi connectivity index (χ1) is 9.58. The molecule has 5 heteroatoms. The van der Waals surface area contributed by atoms with Crippen LogP contribution in [0.15, 0.2) is 30.9 Å². The number of halogens is 1. The lowest BCUT2D eigenvalue weighted by Gasteiger charge is -2.08. The number of carbonyl (C=O) groups is 1. The molecule has 0 saturated heterocycles. The lowest BCUT2D eigenvalue weighted by Crippen LogP contribution is -2.09. The number of esters is 1. The molecule has 0 unspecified atom stereocenters. The zero-order valence-corrected chi connectivity index (χ0v) is 11.3. The van der Waals surface area contributed by atoms with Gasteiger partial charge in [0.05, 0.1) is 30.8 Å². The van der Waals surface area contributed by atoms with Gasteiger partial charge < -0.3 is 9.47 Å². The fourth-order valence-electron chi connectivity index (χ4n) is 1.42. The van der Waals surface area contributed by atoms with Crippen LogP contribution in [0, 0.1) is 23.1 Å². The van der Waals surface area contributed by atoms with Crippen molar-refractivity contribution in [2.75, 3.05) is 13.2 Å². The number of hydrogen-bond donors (Lipinski definition) is 0. The normalized spacial score (nSPS) is 11.4. The van der Waals surface area contributed by atoms with E-state index < -0.39 is 11.8 Å². The summed E-state index contributed by atoms with van der Waals surface area (Å²) < 4.78 is 23.6. The first-order valence-electron chi connectivity index (χ1n) is 6.12. The molecule has 0 spiro atoms. The Balaban J connectivity index is 2.68. The minimum absolute atomic E-state index is 0.0265. The molecule has 0 aliphatic carbocycles. The van der Waals surface area contributed by atoms with E-state index in [1.54, 1.807) is 6.92 Å². The second kappa shape index (κ2) is 8.08. The first kappa shape index (κ1) is 15.9. The number of carbonyl (C=O) groups excluding carboxylic acids is 1. The van der Waals surface area contributed by atoms with Crippen LogP contribution in [0.3, 0.4) is 0 Å². The van der Waals surface area contributed by atoms with E-state index in [1.165, 1.54) is 24.3 Å². The molecule has 0 aliphatic heterocycles. The van der Waals surface area contributed by atoms with Crippen LogP contribution in [0.25, 0.3) is 0 Å². The van der Waals surface area contributed by atoms with Gasteiger partial charge in [-0.1, -0.05) is 18.7 Å². The molecule has 106 valence electrons. The predicted octanol–water partition coefficient (Wildman–Crippen LogP) is 2.84. The Bertz CT molecular complexity index is 522. The fraction of sp³-hybridized carbons (Fsp3) is 0.333. The highest BCUT2D eigenvalue weighted by molar-refractivity contribution is 5.90. The molecular formula is C15H16FNO3. The van der Waals surface area contributed by atoms with Gasteiger partial charge in [-0.15, -0.1) is 0 Å². The fourth-order valence-corrected chi connectivity index (χ4v) is 1.42. The Kier molecular flexibility index (Phi) is 6.41. The van der Waals surface area contributed by atoms with Crippen molar-refractivity contribution in [3.8, 4) is 6.07 Å². The summed E-state index contributed by atoms with van der Waals surface area (Å²) in [4.78, 5) is 11.6. The van der Waals surface area contributed by atoms with E-state index in [0.717, 1.165) is 0 Å². The molecule has 0 radical (unpaired) electrons. The average molecular weight is 277 g/mol. The summed E-state index contributed by atoms with van der Waals surface area (Å²) in [5.41, 5.74) is 0.503. The van der Waals surface area contributed by atoms with Crippen molar-refractivity contribution in [2.45, 2.75) is 13.5 Å². The molecule has 1 aromatic rings. The van der Waals surface area contributed by atoms with Gasteiger partial charge in [0, 0.05) is 0 Å². The highest BCUT2D eigenvalue weighted by atomic mass is 19.1. The number of nitrogens with zero attached hydrogens (tertiary/aromatic N) is 1. The van der Waals surface area contributed by atoms with Gasteiger partial charge in [0.2, 0.25) is 0 Å². The van der Waals surface area contributed by atoms with E-state index in [4.69, 9.17) is 14.7 Å². The maximum absolute atomic E-state index is 13.5. The van der Waals surface area contributed by atoms with Crippen LogP contribution in [0.4, 0.5) is 4.39 Å². The summed E-state index contributed by atoms with van der Waals surface area (Å²) in [7, 11) is 0. The van der Waals surface area contributed by atoms with E-state index in [9.17, 15) is 9.18 Å². The van der Waals surface area contributed by atoms with Gasteiger partial charge >= 0.3 is 5.97 Å². The highest BCUT2D eigenvalue weighted by Gasteiger charge is 2.13. The number of hydrogen-bond acceptors (Lipinski definition) is 4. The summed E-state index contributed by atoms with van der Waals surface area (Å²) in [6, 6.07) is 6.15. The van der Waals surface area contributed by atoms with Crippen molar-refractivity contribution in [1.29, 1.82) is 5.26 Å². The van der Waals surface area contributed by atoms with E-state index >= 15 is 0 Å². The molecule has 1 aromatic carbocycles. The monoisotopic (exact) mass is 277 g/mol. The molecule has 0 aliphatic rings. The molecule has 0 heterocycles. The smallest absolute Gasteiger partial charge is 0.341 e. The molecule has 0 N–H and O–H groups in total. The van der Waals surface area contributed by atoms with Gasteiger partial charge in [0.15, 0.2) is 0 Å². The lowest BCUT2D eigenvalue weighted by atomic mass is 10.1. The second-order valence-electron chi connectivity index (χ2n) is 4.25. The van der Waals surface area contributed by atoms with Crippen molar-refractivity contribution < 1.29 is 18.7 Å². The SMILES string of the molecule is C=CCOC(=O)c1cc(COC[C@H](C)C#N)ccc1F. The van der Waals surface area contributed by atoms with Crippen LogP contribution < -0.4 is 0 Å². The minimum Gasteiger partial charge on any atom is -0.458 e. The third kappa shape index (κ3) is 4.82. The van der Waals surface area contributed by atoms with Gasteiger partial charge in [-0.2, -0.15) is 5.26 Å². The summed E-state index contributed by atoms with van der Waals surface area (Å²) in [5.74, 6) is -1.60. The maximum atomic E-state index is 13.5. The largest absolute Gasteiger partial charge is 0.458 e. The van der Waals surface area contributed by atoms with Crippen molar-refractivity contribution >= 4 is 5.97 Å². The summed E-state index contributed by atoms with van der Waals surface area (Å²) >= 11 is 0. The summed E-state index contributed by atoms with van der Waals surface area (Å²) in [6.45, 7) is 5.66. The molecule has 1 atom stereocenters. The maximum Gasteiger partial charge on any atom is 0.341 e. The molecule has 0 saturated carbocycles. The Morgan fingerprint density at radius 3 is 3.00 bits per heavy atom. The molecule has 0 aromatic heterocycles. The third-order valence-electron chi connectivity index (χ3n) is 2.44. The van der Waals surface area contributed by atoms with Crippen LogP contribution in [-0.2, 0) is 16.1 Å². The van der Waals surface area contributed by atoms with E-state index in [-0.39, 0.29) is 31.3 Å². The summed E-state index contributed by atoms with van der Waals surface area (Å²) in [6.07, 6.45) is 1.41. The topological polar surface area (TPSA) is 59.3 Å². The molecular weight excluding hydrogens is 261 g/mol. The second-order valence-corrected chi connectivity index (χ2v) is 4.25. The lowest BCUT2D eigenvalue weighted by molar-refractivity contribution is 0.0543. The number of rotatable bonds is 7. The Labute approximate surface area is 117 Å². The quantitative estimate of drug-likeness (QED) is 0.568. The van der Waals surface area contributed by atoms with Crippen molar-refractivity contribution in [3.05, 3.63) is 47.8 Å². The van der Waals surface area contributed by atoms with Crippen LogP contribution >= 0.6 is 0 Å². The molecule has 4 nitrogen and oxygen atoms in total. The molecule has 1 rings (SSSR count). The molecule has 20 heavy (non-hydrogen) atoms. The van der Waals surface area contributed by atoms with Crippen LogP contribution in [-0.4, -0.2) is 19.2 Å².